The monoisotopic (exact) mass is 279 g/mol. The zero-order valence-corrected chi connectivity index (χ0v) is 11.5. The first-order valence-electron chi connectivity index (χ1n) is 6.11. The maximum atomic E-state index is 11.9. The van der Waals surface area contributed by atoms with Gasteiger partial charge >= 0.3 is 6.09 Å². The minimum absolute atomic E-state index is 0.0723. The zero-order valence-electron chi connectivity index (χ0n) is 10.7. The van der Waals surface area contributed by atoms with Crippen molar-refractivity contribution in [2.75, 3.05) is 45.1 Å². The molecule has 0 aromatic carbocycles. The zero-order chi connectivity index (χ0) is 13.6. The first kappa shape index (κ1) is 15.2. The Morgan fingerprint density at radius 1 is 1.28 bits per heavy atom. The second-order valence-electron chi connectivity index (χ2n) is 4.04. The van der Waals surface area contributed by atoms with Crippen molar-refractivity contribution in [3.63, 3.8) is 0 Å². The Labute approximate surface area is 108 Å². The second-order valence-corrected chi connectivity index (χ2v) is 6.13. The molecule has 1 aliphatic rings. The van der Waals surface area contributed by atoms with Gasteiger partial charge < -0.3 is 15.4 Å². The van der Waals surface area contributed by atoms with E-state index in [1.807, 2.05) is 0 Å². The van der Waals surface area contributed by atoms with Crippen molar-refractivity contribution in [2.24, 2.45) is 5.73 Å². The number of piperazine rings is 1. The van der Waals surface area contributed by atoms with Gasteiger partial charge in [0.15, 0.2) is 0 Å². The Bertz CT molecular complexity index is 363. The van der Waals surface area contributed by atoms with Gasteiger partial charge in [0.25, 0.3) is 0 Å². The largest absolute Gasteiger partial charge is 0.450 e. The van der Waals surface area contributed by atoms with Crippen LogP contribution in [0, 0.1) is 0 Å². The third-order valence-corrected chi connectivity index (χ3v) is 4.72. The summed E-state index contributed by atoms with van der Waals surface area (Å²) in [4.78, 5) is 13.0. The Hall–Kier alpha value is -0.860. The highest BCUT2D eigenvalue weighted by atomic mass is 32.2. The lowest BCUT2D eigenvalue weighted by Crippen LogP contribution is -2.51. The standard InChI is InChI=1S/C10H21N3O4S/c1-2-17-10(14)12-5-7-13(8-6-12)18(15,16)9-3-4-11/h2-9,11H2,1H3. The van der Waals surface area contributed by atoms with E-state index in [4.69, 9.17) is 10.5 Å². The minimum atomic E-state index is -3.23. The summed E-state index contributed by atoms with van der Waals surface area (Å²) in [5.74, 6) is 0.0723. The molecule has 1 aliphatic heterocycles. The third kappa shape index (κ3) is 4.11. The first-order valence-corrected chi connectivity index (χ1v) is 7.71. The van der Waals surface area contributed by atoms with E-state index in [0.717, 1.165) is 0 Å². The summed E-state index contributed by atoms with van der Waals surface area (Å²) < 4.78 is 30.0. The lowest BCUT2D eigenvalue weighted by molar-refractivity contribution is 0.0934. The SMILES string of the molecule is CCOC(=O)N1CCN(S(=O)(=O)CCCN)CC1. The Morgan fingerprint density at radius 2 is 1.89 bits per heavy atom. The van der Waals surface area contributed by atoms with Crippen LogP contribution in [0.2, 0.25) is 0 Å². The molecule has 0 bridgehead atoms. The Balaban J connectivity index is 2.46. The molecule has 18 heavy (non-hydrogen) atoms. The van der Waals surface area contributed by atoms with E-state index in [2.05, 4.69) is 0 Å². The van der Waals surface area contributed by atoms with Gasteiger partial charge in [-0.3, -0.25) is 0 Å². The van der Waals surface area contributed by atoms with Gasteiger partial charge in [0.05, 0.1) is 12.4 Å². The van der Waals surface area contributed by atoms with Crippen LogP contribution < -0.4 is 5.73 Å². The van der Waals surface area contributed by atoms with Gasteiger partial charge in [-0.25, -0.2) is 13.2 Å². The quantitative estimate of drug-likeness (QED) is 0.728. The molecular weight excluding hydrogens is 258 g/mol. The summed E-state index contributed by atoms with van der Waals surface area (Å²) in [6, 6.07) is 0. The van der Waals surface area contributed by atoms with E-state index in [-0.39, 0.29) is 11.8 Å². The van der Waals surface area contributed by atoms with Crippen molar-refractivity contribution >= 4 is 16.1 Å². The smallest absolute Gasteiger partial charge is 0.409 e. The van der Waals surface area contributed by atoms with Gasteiger partial charge in [-0.2, -0.15) is 4.31 Å². The topological polar surface area (TPSA) is 92.9 Å². The summed E-state index contributed by atoms with van der Waals surface area (Å²) in [7, 11) is -3.23. The molecule has 1 fully saturated rings. The molecule has 106 valence electrons. The molecule has 0 spiro atoms. The van der Waals surface area contributed by atoms with Crippen LogP contribution in [0.25, 0.3) is 0 Å². The number of sulfonamides is 1. The fraction of sp³-hybridized carbons (Fsp3) is 0.900. The summed E-state index contributed by atoms with van der Waals surface area (Å²) >= 11 is 0. The van der Waals surface area contributed by atoms with Crippen LogP contribution in [0.4, 0.5) is 4.79 Å². The van der Waals surface area contributed by atoms with Gasteiger partial charge in [0.1, 0.15) is 0 Å². The normalized spacial score (nSPS) is 17.8. The van der Waals surface area contributed by atoms with Crippen LogP contribution >= 0.6 is 0 Å². The lowest BCUT2D eigenvalue weighted by atomic mass is 10.4. The van der Waals surface area contributed by atoms with E-state index in [0.29, 0.717) is 45.8 Å². The number of carbonyl (C=O) groups is 1. The van der Waals surface area contributed by atoms with Crippen molar-refractivity contribution < 1.29 is 17.9 Å². The van der Waals surface area contributed by atoms with Crippen molar-refractivity contribution in [1.82, 2.24) is 9.21 Å². The molecule has 0 atom stereocenters. The number of amides is 1. The highest BCUT2D eigenvalue weighted by molar-refractivity contribution is 7.89. The van der Waals surface area contributed by atoms with Crippen LogP contribution in [0.1, 0.15) is 13.3 Å². The van der Waals surface area contributed by atoms with Crippen molar-refractivity contribution in [3.8, 4) is 0 Å². The second kappa shape index (κ2) is 6.91. The summed E-state index contributed by atoms with van der Waals surface area (Å²) in [6.45, 7) is 3.83. The van der Waals surface area contributed by atoms with E-state index < -0.39 is 10.0 Å². The molecule has 0 aromatic rings. The predicted octanol–water partition coefficient (Wildman–Crippen LogP) is -0.561. The van der Waals surface area contributed by atoms with E-state index in [1.54, 1.807) is 6.92 Å². The molecule has 0 aliphatic carbocycles. The van der Waals surface area contributed by atoms with Crippen LogP contribution in [0.5, 0.6) is 0 Å². The average Bonchev–Trinajstić information content (AvgIpc) is 2.37. The fourth-order valence-electron chi connectivity index (χ4n) is 1.76. The van der Waals surface area contributed by atoms with Crippen LogP contribution in [-0.2, 0) is 14.8 Å². The van der Waals surface area contributed by atoms with Gasteiger partial charge in [-0.1, -0.05) is 0 Å². The molecule has 8 heteroatoms. The average molecular weight is 279 g/mol. The van der Waals surface area contributed by atoms with E-state index in [9.17, 15) is 13.2 Å². The molecule has 1 saturated heterocycles. The molecule has 0 saturated carbocycles. The Morgan fingerprint density at radius 3 is 2.39 bits per heavy atom. The summed E-state index contributed by atoms with van der Waals surface area (Å²) in [5.41, 5.74) is 5.31. The number of ether oxygens (including phenoxy) is 1. The van der Waals surface area contributed by atoms with Crippen LogP contribution in [0.3, 0.4) is 0 Å². The number of rotatable bonds is 5. The number of hydrogen-bond donors (Lipinski definition) is 1. The van der Waals surface area contributed by atoms with Crippen LogP contribution in [-0.4, -0.2) is 68.8 Å². The van der Waals surface area contributed by atoms with Gasteiger partial charge in [-0.05, 0) is 19.9 Å². The molecular formula is C10H21N3O4S. The molecule has 1 rings (SSSR count). The molecule has 7 nitrogen and oxygen atoms in total. The van der Waals surface area contributed by atoms with Gasteiger partial charge in [0, 0.05) is 26.2 Å². The molecule has 1 heterocycles. The Kier molecular flexibility index (Phi) is 5.83. The van der Waals surface area contributed by atoms with Crippen LogP contribution in [0.15, 0.2) is 0 Å². The molecule has 0 radical (unpaired) electrons. The summed E-state index contributed by atoms with van der Waals surface area (Å²) in [6.07, 6.45) is 0.0805. The number of nitrogens with zero attached hydrogens (tertiary/aromatic N) is 2. The molecule has 0 unspecified atom stereocenters. The number of nitrogens with two attached hydrogens (primary N) is 1. The minimum Gasteiger partial charge on any atom is -0.450 e. The highest BCUT2D eigenvalue weighted by Crippen LogP contribution is 2.09. The van der Waals surface area contributed by atoms with E-state index >= 15 is 0 Å². The highest BCUT2D eigenvalue weighted by Gasteiger charge is 2.28. The molecule has 0 aromatic heterocycles. The van der Waals surface area contributed by atoms with Crippen molar-refractivity contribution in [1.29, 1.82) is 0 Å². The predicted molar refractivity (Wildman–Crippen MR) is 67.6 cm³/mol. The van der Waals surface area contributed by atoms with Gasteiger partial charge in [-0.15, -0.1) is 0 Å². The summed E-state index contributed by atoms with van der Waals surface area (Å²) in [5, 5.41) is 0. The number of carbonyl (C=O) groups excluding carboxylic acids is 1. The maximum absolute atomic E-state index is 11.9. The molecule has 1 amide bonds. The lowest BCUT2D eigenvalue weighted by Gasteiger charge is -2.33. The van der Waals surface area contributed by atoms with Gasteiger partial charge in [0.2, 0.25) is 10.0 Å². The molecule has 2 N–H and O–H groups in total. The van der Waals surface area contributed by atoms with Crippen molar-refractivity contribution in [2.45, 2.75) is 13.3 Å². The number of hydrogen-bond acceptors (Lipinski definition) is 5. The van der Waals surface area contributed by atoms with E-state index in [1.165, 1.54) is 9.21 Å². The first-order chi connectivity index (χ1) is 8.51. The third-order valence-electron chi connectivity index (χ3n) is 2.76. The fourth-order valence-corrected chi connectivity index (χ4v) is 3.27. The maximum Gasteiger partial charge on any atom is 0.409 e. The van der Waals surface area contributed by atoms with Crippen molar-refractivity contribution in [3.05, 3.63) is 0 Å².